The lowest BCUT2D eigenvalue weighted by Crippen LogP contribution is -2.20. The fourth-order valence-corrected chi connectivity index (χ4v) is 2.59. The maximum atomic E-state index is 13.0. The van der Waals surface area contributed by atoms with Crippen molar-refractivity contribution in [2.75, 3.05) is 5.75 Å². The Balaban J connectivity index is 3.02. The van der Waals surface area contributed by atoms with E-state index in [1.807, 2.05) is 13.8 Å². The summed E-state index contributed by atoms with van der Waals surface area (Å²) in [5.41, 5.74) is 5.32. The smallest absolute Gasteiger partial charge is 0.328 e. The first kappa shape index (κ1) is 16.4. The normalized spacial score (nSPS) is 13.9. The van der Waals surface area contributed by atoms with Gasteiger partial charge in [-0.05, 0) is 37.0 Å². The summed E-state index contributed by atoms with van der Waals surface area (Å²) in [5.74, 6) is 1.26. The third kappa shape index (κ3) is 5.45. The third-order valence-corrected chi connectivity index (χ3v) is 3.93. The first-order valence-corrected chi connectivity index (χ1v) is 7.27. The number of hydrogen-bond donors (Lipinski definition) is 1. The highest BCUT2D eigenvalue weighted by atomic mass is 32.2. The molecule has 0 fully saturated rings. The molecule has 0 bridgehead atoms. The molecule has 1 aromatic carbocycles. The van der Waals surface area contributed by atoms with Crippen LogP contribution in [0.15, 0.2) is 23.1 Å². The highest BCUT2D eigenvalue weighted by molar-refractivity contribution is 7.99. The number of nitrogens with two attached hydrogens (primary N) is 1. The first-order chi connectivity index (χ1) is 8.70. The Labute approximate surface area is 116 Å². The van der Waals surface area contributed by atoms with Gasteiger partial charge in [0.1, 0.15) is 0 Å². The van der Waals surface area contributed by atoms with Gasteiger partial charge in [0.05, 0.1) is 5.56 Å². The van der Waals surface area contributed by atoms with Crippen LogP contribution in [0.5, 0.6) is 0 Å². The maximum Gasteiger partial charge on any atom is 0.416 e. The Morgan fingerprint density at radius 2 is 1.84 bits per heavy atom. The standard InChI is InChI=1S/C14H20F3NS/c1-9(2)8-19-12-5-4-11(6-10(3)18)13(7-12)14(15,16)17/h4-5,7,9-10H,6,8,18H2,1-3H3. The predicted molar refractivity (Wildman–Crippen MR) is 74.4 cm³/mol. The maximum absolute atomic E-state index is 13.0. The molecular weight excluding hydrogens is 271 g/mol. The third-order valence-electron chi connectivity index (χ3n) is 2.51. The van der Waals surface area contributed by atoms with Crippen LogP contribution in [0.3, 0.4) is 0 Å². The molecule has 1 nitrogen and oxygen atoms in total. The number of hydrogen-bond acceptors (Lipinski definition) is 2. The Morgan fingerprint density at radius 1 is 1.21 bits per heavy atom. The van der Waals surface area contributed by atoms with E-state index in [4.69, 9.17) is 5.73 Å². The average molecular weight is 291 g/mol. The fourth-order valence-electron chi connectivity index (χ4n) is 1.70. The van der Waals surface area contributed by atoms with Crippen LogP contribution in [-0.4, -0.2) is 11.8 Å². The number of halogens is 3. The van der Waals surface area contributed by atoms with Crippen LogP contribution < -0.4 is 5.73 Å². The molecular formula is C14H20F3NS. The molecule has 19 heavy (non-hydrogen) atoms. The molecule has 0 saturated carbocycles. The number of thioether (sulfide) groups is 1. The summed E-state index contributed by atoms with van der Waals surface area (Å²) in [7, 11) is 0. The molecule has 2 N–H and O–H groups in total. The Hall–Kier alpha value is -0.680. The van der Waals surface area contributed by atoms with Gasteiger partial charge >= 0.3 is 6.18 Å². The number of alkyl halides is 3. The highest BCUT2D eigenvalue weighted by Gasteiger charge is 2.33. The van der Waals surface area contributed by atoms with Crippen molar-refractivity contribution >= 4 is 11.8 Å². The predicted octanol–water partition coefficient (Wildman–Crippen LogP) is 4.34. The zero-order valence-corrected chi connectivity index (χ0v) is 12.2. The van der Waals surface area contributed by atoms with Gasteiger partial charge in [0, 0.05) is 16.7 Å². The Kier molecular flexibility index (Phi) is 5.74. The average Bonchev–Trinajstić information content (AvgIpc) is 2.25. The molecule has 0 aliphatic rings. The van der Waals surface area contributed by atoms with Crippen molar-refractivity contribution in [3.05, 3.63) is 29.3 Å². The zero-order valence-electron chi connectivity index (χ0n) is 11.4. The van der Waals surface area contributed by atoms with Crippen molar-refractivity contribution in [3.8, 4) is 0 Å². The molecule has 5 heteroatoms. The van der Waals surface area contributed by atoms with Crippen LogP contribution in [0.1, 0.15) is 31.9 Å². The van der Waals surface area contributed by atoms with Gasteiger partial charge in [0.25, 0.3) is 0 Å². The molecule has 0 heterocycles. The molecule has 1 atom stereocenters. The summed E-state index contributed by atoms with van der Waals surface area (Å²) in [6, 6.07) is 4.26. The van der Waals surface area contributed by atoms with E-state index in [-0.39, 0.29) is 18.0 Å². The highest BCUT2D eigenvalue weighted by Crippen LogP contribution is 2.35. The SMILES string of the molecule is CC(C)CSc1ccc(CC(C)N)c(C(F)(F)F)c1. The summed E-state index contributed by atoms with van der Waals surface area (Å²) < 4.78 is 39.1. The van der Waals surface area contributed by atoms with Gasteiger partial charge < -0.3 is 5.73 Å². The van der Waals surface area contributed by atoms with Crippen molar-refractivity contribution in [1.82, 2.24) is 0 Å². The van der Waals surface area contributed by atoms with Crippen LogP contribution in [0.25, 0.3) is 0 Å². The quantitative estimate of drug-likeness (QED) is 0.817. The van der Waals surface area contributed by atoms with E-state index >= 15 is 0 Å². The fraction of sp³-hybridized carbons (Fsp3) is 0.571. The van der Waals surface area contributed by atoms with Crippen LogP contribution in [-0.2, 0) is 12.6 Å². The van der Waals surface area contributed by atoms with E-state index in [2.05, 4.69) is 0 Å². The first-order valence-electron chi connectivity index (χ1n) is 6.28. The second-order valence-electron chi connectivity index (χ2n) is 5.20. The van der Waals surface area contributed by atoms with E-state index < -0.39 is 11.7 Å². The second-order valence-corrected chi connectivity index (χ2v) is 6.30. The molecule has 0 saturated heterocycles. The Morgan fingerprint density at radius 3 is 2.32 bits per heavy atom. The van der Waals surface area contributed by atoms with E-state index in [9.17, 15) is 13.2 Å². The summed E-state index contributed by atoms with van der Waals surface area (Å²) in [5, 5.41) is 0. The molecule has 1 unspecified atom stereocenters. The van der Waals surface area contributed by atoms with Crippen molar-refractivity contribution in [2.24, 2.45) is 11.7 Å². The lowest BCUT2D eigenvalue weighted by molar-refractivity contribution is -0.138. The van der Waals surface area contributed by atoms with Gasteiger partial charge in [-0.2, -0.15) is 13.2 Å². The molecule has 0 aliphatic carbocycles. The minimum absolute atomic E-state index is 0.240. The largest absolute Gasteiger partial charge is 0.416 e. The van der Waals surface area contributed by atoms with E-state index in [0.717, 1.165) is 5.75 Å². The lowest BCUT2D eigenvalue weighted by Gasteiger charge is -2.16. The Bertz CT molecular complexity index is 414. The van der Waals surface area contributed by atoms with Crippen molar-refractivity contribution in [2.45, 2.75) is 44.3 Å². The van der Waals surface area contributed by atoms with Crippen molar-refractivity contribution in [1.29, 1.82) is 0 Å². The van der Waals surface area contributed by atoms with E-state index in [1.54, 1.807) is 19.1 Å². The van der Waals surface area contributed by atoms with Crippen LogP contribution in [0.2, 0.25) is 0 Å². The van der Waals surface area contributed by atoms with Gasteiger partial charge in [-0.15, -0.1) is 11.8 Å². The molecule has 0 amide bonds. The lowest BCUT2D eigenvalue weighted by atomic mass is 10.0. The second kappa shape index (κ2) is 6.66. The van der Waals surface area contributed by atoms with E-state index in [1.165, 1.54) is 17.8 Å². The summed E-state index contributed by atoms with van der Waals surface area (Å²) in [4.78, 5) is 0.662. The van der Waals surface area contributed by atoms with Crippen molar-refractivity contribution < 1.29 is 13.2 Å². The molecule has 0 radical (unpaired) electrons. The number of benzene rings is 1. The summed E-state index contributed by atoms with van der Waals surface area (Å²) in [6.07, 6.45) is -4.08. The van der Waals surface area contributed by atoms with Gasteiger partial charge in [-0.3, -0.25) is 0 Å². The van der Waals surface area contributed by atoms with Gasteiger partial charge in [0.2, 0.25) is 0 Å². The minimum atomic E-state index is -4.32. The van der Waals surface area contributed by atoms with E-state index in [0.29, 0.717) is 10.8 Å². The molecule has 1 rings (SSSR count). The van der Waals surface area contributed by atoms with Crippen LogP contribution in [0.4, 0.5) is 13.2 Å². The van der Waals surface area contributed by atoms with Crippen LogP contribution in [0, 0.1) is 5.92 Å². The zero-order chi connectivity index (χ0) is 14.6. The summed E-state index contributed by atoms with van der Waals surface area (Å²) >= 11 is 1.46. The van der Waals surface area contributed by atoms with Crippen LogP contribution >= 0.6 is 11.8 Å². The molecule has 0 aromatic heterocycles. The molecule has 1 aromatic rings. The molecule has 108 valence electrons. The minimum Gasteiger partial charge on any atom is -0.328 e. The van der Waals surface area contributed by atoms with Gasteiger partial charge in [-0.25, -0.2) is 0 Å². The molecule has 0 aliphatic heterocycles. The number of rotatable bonds is 5. The topological polar surface area (TPSA) is 26.0 Å². The van der Waals surface area contributed by atoms with Crippen molar-refractivity contribution in [3.63, 3.8) is 0 Å². The van der Waals surface area contributed by atoms with Gasteiger partial charge in [0.15, 0.2) is 0 Å². The molecule has 0 spiro atoms. The van der Waals surface area contributed by atoms with Gasteiger partial charge in [-0.1, -0.05) is 19.9 Å². The summed E-state index contributed by atoms with van der Waals surface area (Å²) in [6.45, 7) is 5.80. The monoisotopic (exact) mass is 291 g/mol.